The second-order valence-electron chi connectivity index (χ2n) is 4.72. The number of benzene rings is 1. The van der Waals surface area contributed by atoms with E-state index in [1.807, 2.05) is 19.1 Å². The fourth-order valence-corrected chi connectivity index (χ4v) is 3.56. The van der Waals surface area contributed by atoms with E-state index in [4.69, 9.17) is 0 Å². The second kappa shape index (κ2) is 4.58. The lowest BCUT2D eigenvalue weighted by atomic mass is 9.84. The minimum Gasteiger partial charge on any atom is -0.224 e. The van der Waals surface area contributed by atoms with Crippen LogP contribution in [0, 0.1) is 12.8 Å². The van der Waals surface area contributed by atoms with Crippen LogP contribution in [0.3, 0.4) is 0 Å². The molecule has 0 bridgehead atoms. The molecule has 2 rings (SSSR count). The number of sulfone groups is 1. The third-order valence-electron chi connectivity index (χ3n) is 3.37. The molecule has 3 heteroatoms. The Bertz CT molecular complexity index is 459. The van der Waals surface area contributed by atoms with Crippen molar-refractivity contribution in [1.29, 1.82) is 0 Å². The van der Waals surface area contributed by atoms with Crippen molar-refractivity contribution in [2.24, 2.45) is 5.92 Å². The van der Waals surface area contributed by atoms with Crippen molar-refractivity contribution in [2.45, 2.75) is 37.5 Å². The molecule has 16 heavy (non-hydrogen) atoms. The Labute approximate surface area is 97.6 Å². The highest BCUT2D eigenvalue weighted by atomic mass is 32.2. The largest absolute Gasteiger partial charge is 0.224 e. The third kappa shape index (κ3) is 2.64. The van der Waals surface area contributed by atoms with Gasteiger partial charge in [-0.2, -0.15) is 0 Å². The van der Waals surface area contributed by atoms with Crippen LogP contribution in [0.5, 0.6) is 0 Å². The third-order valence-corrected chi connectivity index (χ3v) is 5.11. The van der Waals surface area contributed by atoms with Crippen LogP contribution in [0.4, 0.5) is 0 Å². The van der Waals surface area contributed by atoms with Crippen LogP contribution in [-0.4, -0.2) is 14.2 Å². The summed E-state index contributed by atoms with van der Waals surface area (Å²) >= 11 is 0. The lowest BCUT2D eigenvalue weighted by Gasteiger charge is -2.24. The van der Waals surface area contributed by atoms with Gasteiger partial charge in [0.2, 0.25) is 0 Å². The second-order valence-corrected chi connectivity index (χ2v) is 6.83. The Kier molecular flexibility index (Phi) is 3.33. The molecule has 0 saturated heterocycles. The summed E-state index contributed by atoms with van der Waals surface area (Å²) in [4.78, 5) is 0.479. The Morgan fingerprint density at radius 3 is 2.62 bits per heavy atom. The van der Waals surface area contributed by atoms with Gasteiger partial charge in [0.1, 0.15) is 0 Å². The van der Waals surface area contributed by atoms with Crippen LogP contribution in [0.15, 0.2) is 29.2 Å². The standard InChI is InChI=1S/C13H18O2S/c1-11-4-2-7-13(10-11)16(14,15)9-8-12-5-3-6-12/h2,4,7,10,12H,3,5-6,8-9H2,1H3. The summed E-state index contributed by atoms with van der Waals surface area (Å²) in [6.45, 7) is 1.92. The minimum absolute atomic E-state index is 0.307. The summed E-state index contributed by atoms with van der Waals surface area (Å²) in [5.74, 6) is 0.959. The van der Waals surface area contributed by atoms with Gasteiger partial charge in [-0.15, -0.1) is 0 Å². The van der Waals surface area contributed by atoms with Gasteiger partial charge in [-0.05, 0) is 37.0 Å². The number of rotatable bonds is 4. The van der Waals surface area contributed by atoms with E-state index in [1.54, 1.807) is 12.1 Å². The quantitative estimate of drug-likeness (QED) is 0.808. The topological polar surface area (TPSA) is 34.1 Å². The molecule has 88 valence electrons. The van der Waals surface area contributed by atoms with Crippen LogP contribution < -0.4 is 0 Å². The normalized spacial score (nSPS) is 17.1. The summed E-state index contributed by atoms with van der Waals surface area (Å²) < 4.78 is 24.1. The molecule has 0 atom stereocenters. The first kappa shape index (κ1) is 11.6. The molecule has 1 aromatic carbocycles. The molecule has 1 saturated carbocycles. The van der Waals surface area contributed by atoms with E-state index in [0.717, 1.165) is 12.0 Å². The SMILES string of the molecule is Cc1cccc(S(=O)(=O)CCC2CCC2)c1. The lowest BCUT2D eigenvalue weighted by Crippen LogP contribution is -2.16. The Hall–Kier alpha value is -0.830. The summed E-state index contributed by atoms with van der Waals surface area (Å²) in [6.07, 6.45) is 4.53. The Balaban J connectivity index is 2.05. The van der Waals surface area contributed by atoms with E-state index in [0.29, 0.717) is 16.6 Å². The lowest BCUT2D eigenvalue weighted by molar-refractivity contribution is 0.307. The van der Waals surface area contributed by atoms with Crippen molar-refractivity contribution in [1.82, 2.24) is 0 Å². The highest BCUT2D eigenvalue weighted by Gasteiger charge is 2.21. The maximum Gasteiger partial charge on any atom is 0.178 e. The fraction of sp³-hybridized carbons (Fsp3) is 0.538. The van der Waals surface area contributed by atoms with Crippen molar-refractivity contribution >= 4 is 9.84 Å². The van der Waals surface area contributed by atoms with Crippen LogP contribution >= 0.6 is 0 Å². The van der Waals surface area contributed by atoms with E-state index >= 15 is 0 Å². The first-order valence-electron chi connectivity index (χ1n) is 5.87. The molecule has 0 amide bonds. The summed E-state index contributed by atoms with van der Waals surface area (Å²) in [7, 11) is -3.05. The first-order valence-corrected chi connectivity index (χ1v) is 7.52. The summed E-state index contributed by atoms with van der Waals surface area (Å²) in [6, 6.07) is 7.19. The van der Waals surface area contributed by atoms with Gasteiger partial charge in [0, 0.05) is 0 Å². The maximum atomic E-state index is 12.0. The smallest absolute Gasteiger partial charge is 0.178 e. The molecule has 0 aliphatic heterocycles. The van der Waals surface area contributed by atoms with Gasteiger partial charge in [0.15, 0.2) is 9.84 Å². The first-order chi connectivity index (χ1) is 7.58. The van der Waals surface area contributed by atoms with E-state index < -0.39 is 9.84 Å². The zero-order valence-corrected chi connectivity index (χ0v) is 10.5. The van der Waals surface area contributed by atoms with E-state index in [9.17, 15) is 8.42 Å². The molecular weight excluding hydrogens is 220 g/mol. The van der Waals surface area contributed by atoms with E-state index in [-0.39, 0.29) is 0 Å². The van der Waals surface area contributed by atoms with Gasteiger partial charge in [0.25, 0.3) is 0 Å². The molecule has 2 nitrogen and oxygen atoms in total. The Morgan fingerprint density at radius 1 is 1.31 bits per heavy atom. The zero-order valence-electron chi connectivity index (χ0n) is 9.65. The van der Waals surface area contributed by atoms with Crippen LogP contribution in [-0.2, 0) is 9.84 Å². The van der Waals surface area contributed by atoms with Crippen LogP contribution in [0.25, 0.3) is 0 Å². The average molecular weight is 238 g/mol. The van der Waals surface area contributed by atoms with Crippen LogP contribution in [0.2, 0.25) is 0 Å². The number of hydrogen-bond acceptors (Lipinski definition) is 2. The van der Waals surface area contributed by atoms with Gasteiger partial charge < -0.3 is 0 Å². The minimum atomic E-state index is -3.05. The van der Waals surface area contributed by atoms with Crippen molar-refractivity contribution in [3.05, 3.63) is 29.8 Å². The van der Waals surface area contributed by atoms with Crippen molar-refractivity contribution in [2.75, 3.05) is 5.75 Å². The summed E-state index contributed by atoms with van der Waals surface area (Å²) in [5.41, 5.74) is 1.00. The highest BCUT2D eigenvalue weighted by molar-refractivity contribution is 7.91. The molecule has 1 aliphatic carbocycles. The van der Waals surface area contributed by atoms with E-state index in [1.165, 1.54) is 19.3 Å². The van der Waals surface area contributed by atoms with Gasteiger partial charge in [-0.1, -0.05) is 31.4 Å². The predicted octanol–water partition coefficient (Wildman–Crippen LogP) is 2.96. The number of aryl methyl sites for hydroxylation is 1. The van der Waals surface area contributed by atoms with Crippen molar-refractivity contribution in [3.8, 4) is 0 Å². The van der Waals surface area contributed by atoms with Gasteiger partial charge >= 0.3 is 0 Å². The van der Waals surface area contributed by atoms with Crippen LogP contribution in [0.1, 0.15) is 31.2 Å². The molecule has 0 heterocycles. The van der Waals surface area contributed by atoms with Gasteiger partial charge in [0.05, 0.1) is 10.6 Å². The monoisotopic (exact) mass is 238 g/mol. The molecule has 0 N–H and O–H groups in total. The maximum absolute atomic E-state index is 12.0. The molecule has 1 fully saturated rings. The highest BCUT2D eigenvalue weighted by Crippen LogP contribution is 2.30. The number of hydrogen-bond donors (Lipinski definition) is 0. The zero-order chi connectivity index (χ0) is 11.6. The molecule has 1 aliphatic rings. The molecule has 0 spiro atoms. The molecule has 0 unspecified atom stereocenters. The predicted molar refractivity (Wildman–Crippen MR) is 65.2 cm³/mol. The summed E-state index contributed by atoms with van der Waals surface area (Å²) in [5, 5.41) is 0. The molecule has 0 radical (unpaired) electrons. The molecule has 0 aromatic heterocycles. The van der Waals surface area contributed by atoms with Gasteiger partial charge in [-0.3, -0.25) is 0 Å². The van der Waals surface area contributed by atoms with Crippen molar-refractivity contribution < 1.29 is 8.42 Å². The van der Waals surface area contributed by atoms with Gasteiger partial charge in [-0.25, -0.2) is 8.42 Å². The molecule has 1 aromatic rings. The van der Waals surface area contributed by atoms with E-state index in [2.05, 4.69) is 0 Å². The van der Waals surface area contributed by atoms with Crippen molar-refractivity contribution in [3.63, 3.8) is 0 Å². The fourth-order valence-electron chi connectivity index (χ4n) is 2.03. The Morgan fingerprint density at radius 2 is 2.06 bits per heavy atom. The molecular formula is C13H18O2S. The average Bonchev–Trinajstić information content (AvgIpc) is 2.15.